The minimum Gasteiger partial charge on any atom is -0.496 e. The van der Waals surface area contributed by atoms with Gasteiger partial charge in [-0.2, -0.15) is 0 Å². The van der Waals surface area contributed by atoms with E-state index in [9.17, 15) is 4.79 Å². The second-order valence-electron chi connectivity index (χ2n) is 7.42. The van der Waals surface area contributed by atoms with Gasteiger partial charge in [0.1, 0.15) is 5.75 Å². The molecule has 126 valence electrons. The highest BCUT2D eigenvalue weighted by molar-refractivity contribution is 14.1. The number of halogens is 1. The summed E-state index contributed by atoms with van der Waals surface area (Å²) in [7, 11) is 3.24. The first-order chi connectivity index (χ1) is 10.9. The van der Waals surface area contributed by atoms with E-state index >= 15 is 0 Å². The fourth-order valence-electron chi connectivity index (χ4n) is 5.10. The van der Waals surface area contributed by atoms with Gasteiger partial charge in [-0.15, -0.1) is 0 Å². The molecule has 0 aliphatic heterocycles. The summed E-state index contributed by atoms with van der Waals surface area (Å²) in [6.45, 7) is 4.44. The van der Waals surface area contributed by atoms with Gasteiger partial charge in [-0.1, -0.05) is 13.3 Å². The van der Waals surface area contributed by atoms with E-state index in [4.69, 9.17) is 9.47 Å². The molecular formula is C19H25IO3. The number of hydrogen-bond acceptors (Lipinski definition) is 3. The van der Waals surface area contributed by atoms with Crippen LogP contribution in [0.3, 0.4) is 0 Å². The van der Waals surface area contributed by atoms with Crippen molar-refractivity contribution in [3.8, 4) is 5.75 Å². The smallest absolute Gasteiger partial charge is 0.311 e. The van der Waals surface area contributed by atoms with Crippen molar-refractivity contribution in [2.24, 2.45) is 11.3 Å². The Labute approximate surface area is 152 Å². The Morgan fingerprint density at radius 1 is 1.26 bits per heavy atom. The van der Waals surface area contributed by atoms with Gasteiger partial charge in [-0.3, -0.25) is 4.79 Å². The Morgan fingerprint density at radius 3 is 2.65 bits per heavy atom. The van der Waals surface area contributed by atoms with Gasteiger partial charge in [0.15, 0.2) is 0 Å². The van der Waals surface area contributed by atoms with Crippen LogP contribution in [0.1, 0.15) is 50.7 Å². The number of methoxy groups -OCH3 is 2. The number of fused-ring (bicyclic) bond motifs is 3. The molecule has 2 aliphatic carbocycles. The van der Waals surface area contributed by atoms with Crippen molar-refractivity contribution in [1.29, 1.82) is 0 Å². The van der Waals surface area contributed by atoms with Crippen LogP contribution >= 0.6 is 22.6 Å². The molecule has 23 heavy (non-hydrogen) atoms. The number of benzene rings is 1. The van der Waals surface area contributed by atoms with E-state index in [1.54, 1.807) is 7.11 Å². The minimum atomic E-state index is -0.379. The zero-order valence-electron chi connectivity index (χ0n) is 14.4. The molecule has 1 fully saturated rings. The van der Waals surface area contributed by atoms with Crippen LogP contribution in [0.5, 0.6) is 5.75 Å². The average Bonchev–Trinajstić information content (AvgIpc) is 2.53. The van der Waals surface area contributed by atoms with Crippen LogP contribution in [0.4, 0.5) is 0 Å². The monoisotopic (exact) mass is 428 g/mol. The van der Waals surface area contributed by atoms with Gasteiger partial charge in [0.25, 0.3) is 0 Å². The van der Waals surface area contributed by atoms with E-state index in [0.29, 0.717) is 5.92 Å². The Balaban J connectivity index is 2.12. The van der Waals surface area contributed by atoms with Crippen LogP contribution < -0.4 is 4.74 Å². The van der Waals surface area contributed by atoms with Crippen molar-refractivity contribution in [2.45, 2.75) is 51.4 Å². The molecule has 1 aromatic rings. The number of carbonyl (C=O) groups excluding carboxylic acids is 1. The third-order valence-electron chi connectivity index (χ3n) is 6.28. The molecule has 0 heterocycles. The lowest BCUT2D eigenvalue weighted by Gasteiger charge is -2.54. The van der Waals surface area contributed by atoms with Gasteiger partial charge >= 0.3 is 5.97 Å². The van der Waals surface area contributed by atoms with Gasteiger partial charge in [-0.05, 0) is 89.8 Å². The van der Waals surface area contributed by atoms with Crippen LogP contribution in [0, 0.1) is 14.9 Å². The molecule has 0 bridgehead atoms. The summed E-state index contributed by atoms with van der Waals surface area (Å²) in [5.74, 6) is 1.22. The lowest BCUT2D eigenvalue weighted by Crippen LogP contribution is -2.52. The largest absolute Gasteiger partial charge is 0.496 e. The molecule has 1 aromatic carbocycles. The molecule has 3 atom stereocenters. The summed E-state index contributed by atoms with van der Waals surface area (Å²) < 4.78 is 11.9. The van der Waals surface area contributed by atoms with Crippen molar-refractivity contribution in [1.82, 2.24) is 0 Å². The van der Waals surface area contributed by atoms with Crippen molar-refractivity contribution < 1.29 is 14.3 Å². The maximum Gasteiger partial charge on any atom is 0.311 e. The Kier molecular flexibility index (Phi) is 4.40. The summed E-state index contributed by atoms with van der Waals surface area (Å²) >= 11 is 2.34. The standard InChI is InChI=1S/C19H25IO3/c1-18-8-5-9-19(2,17(21)23-4)16(18)7-6-12-10-14(20)15(22-3)11-13(12)18/h10-11,16H,5-9H2,1-4H3/t16-,18-,19+/m1/s1. The molecule has 0 unspecified atom stereocenters. The lowest BCUT2D eigenvalue weighted by atomic mass is 9.50. The predicted molar refractivity (Wildman–Crippen MR) is 98.8 cm³/mol. The predicted octanol–water partition coefficient (Wildman–Crippen LogP) is 4.48. The molecule has 0 N–H and O–H groups in total. The van der Waals surface area contributed by atoms with Gasteiger partial charge in [0.2, 0.25) is 0 Å². The Morgan fingerprint density at radius 2 is 2.00 bits per heavy atom. The number of ether oxygens (including phenoxy) is 2. The third kappa shape index (κ3) is 2.48. The van der Waals surface area contributed by atoms with Gasteiger partial charge < -0.3 is 9.47 Å². The highest BCUT2D eigenvalue weighted by Gasteiger charge is 2.55. The van der Waals surface area contributed by atoms with Crippen LogP contribution in [0.15, 0.2) is 12.1 Å². The number of hydrogen-bond donors (Lipinski definition) is 0. The molecule has 1 saturated carbocycles. The lowest BCUT2D eigenvalue weighted by molar-refractivity contribution is -0.161. The normalized spacial score (nSPS) is 32.7. The van der Waals surface area contributed by atoms with Crippen molar-refractivity contribution >= 4 is 28.6 Å². The number of aryl methyl sites for hydroxylation is 1. The topological polar surface area (TPSA) is 35.5 Å². The first-order valence-electron chi connectivity index (χ1n) is 8.32. The van der Waals surface area contributed by atoms with E-state index in [2.05, 4.69) is 48.6 Å². The quantitative estimate of drug-likeness (QED) is 0.515. The number of rotatable bonds is 2. The second kappa shape index (κ2) is 5.94. The van der Waals surface area contributed by atoms with E-state index in [0.717, 1.165) is 41.4 Å². The molecule has 4 heteroatoms. The first-order valence-corrected chi connectivity index (χ1v) is 9.40. The van der Waals surface area contributed by atoms with E-state index < -0.39 is 0 Å². The van der Waals surface area contributed by atoms with Crippen LogP contribution in [-0.4, -0.2) is 20.2 Å². The van der Waals surface area contributed by atoms with Crippen molar-refractivity contribution in [3.63, 3.8) is 0 Å². The van der Waals surface area contributed by atoms with Gasteiger partial charge in [0, 0.05) is 0 Å². The van der Waals surface area contributed by atoms with Crippen molar-refractivity contribution in [2.75, 3.05) is 14.2 Å². The molecule has 2 aliphatic rings. The molecule has 0 saturated heterocycles. The number of esters is 1. The summed E-state index contributed by atoms with van der Waals surface area (Å²) in [6.07, 6.45) is 5.20. The molecule has 3 nitrogen and oxygen atoms in total. The van der Waals surface area contributed by atoms with Crippen molar-refractivity contribution in [3.05, 3.63) is 26.8 Å². The Bertz CT molecular complexity index is 642. The third-order valence-corrected chi connectivity index (χ3v) is 7.12. The van der Waals surface area contributed by atoms with E-state index in [1.807, 2.05) is 0 Å². The number of carbonyl (C=O) groups is 1. The van der Waals surface area contributed by atoms with Gasteiger partial charge in [-0.25, -0.2) is 0 Å². The zero-order valence-corrected chi connectivity index (χ0v) is 16.5. The Hall–Kier alpha value is -0.780. The molecule has 0 aromatic heterocycles. The van der Waals surface area contributed by atoms with Crippen LogP contribution in [-0.2, 0) is 21.4 Å². The maximum atomic E-state index is 12.5. The van der Waals surface area contributed by atoms with Crippen LogP contribution in [0.25, 0.3) is 0 Å². The second-order valence-corrected chi connectivity index (χ2v) is 8.58. The average molecular weight is 428 g/mol. The summed E-state index contributed by atoms with van der Waals surface area (Å²) in [5, 5.41) is 0. The fraction of sp³-hybridized carbons (Fsp3) is 0.632. The fourth-order valence-corrected chi connectivity index (χ4v) is 5.85. The maximum absolute atomic E-state index is 12.5. The molecule has 0 amide bonds. The first kappa shape index (κ1) is 17.1. The molecular weight excluding hydrogens is 403 g/mol. The summed E-state index contributed by atoms with van der Waals surface area (Å²) in [6, 6.07) is 4.48. The van der Waals surface area contributed by atoms with Crippen LogP contribution in [0.2, 0.25) is 0 Å². The van der Waals surface area contributed by atoms with Gasteiger partial charge in [0.05, 0.1) is 23.2 Å². The highest BCUT2D eigenvalue weighted by atomic mass is 127. The van der Waals surface area contributed by atoms with E-state index in [1.165, 1.54) is 18.2 Å². The zero-order chi connectivity index (χ0) is 16.8. The summed E-state index contributed by atoms with van der Waals surface area (Å²) in [5.41, 5.74) is 2.44. The SMILES string of the molecule is COC(=O)[C@@]1(C)CCC[C@]2(C)c3cc(OC)c(I)cc3CC[C@@H]12. The molecule has 0 spiro atoms. The summed E-state index contributed by atoms with van der Waals surface area (Å²) in [4.78, 5) is 12.5. The molecule has 0 radical (unpaired) electrons. The highest BCUT2D eigenvalue weighted by Crippen LogP contribution is 2.58. The minimum absolute atomic E-state index is 0.0202. The van der Waals surface area contributed by atoms with E-state index in [-0.39, 0.29) is 16.8 Å². The molecule has 3 rings (SSSR count).